The molecular formula is C31H29Cl2NO2. The number of benzene rings is 4. The van der Waals surface area contributed by atoms with Crippen molar-refractivity contribution in [2.24, 2.45) is 0 Å². The molecule has 0 aromatic heterocycles. The number of morpholine rings is 1. The first kappa shape index (κ1) is 24.9. The monoisotopic (exact) mass is 517 g/mol. The Labute approximate surface area is 223 Å². The summed E-state index contributed by atoms with van der Waals surface area (Å²) < 4.78 is 12.6. The van der Waals surface area contributed by atoms with E-state index in [-0.39, 0.29) is 0 Å². The number of rotatable bonds is 8. The van der Waals surface area contributed by atoms with Crippen LogP contribution >= 0.6 is 23.2 Å². The first-order valence-electron chi connectivity index (χ1n) is 12.3. The highest BCUT2D eigenvalue weighted by atomic mass is 35.5. The van der Waals surface area contributed by atoms with Gasteiger partial charge in [-0.15, -0.1) is 0 Å². The quantitative estimate of drug-likeness (QED) is 0.237. The van der Waals surface area contributed by atoms with E-state index in [2.05, 4.69) is 53.4 Å². The largest absolute Gasteiger partial charge is 0.493 e. The van der Waals surface area contributed by atoms with Gasteiger partial charge in [0.2, 0.25) is 0 Å². The lowest BCUT2D eigenvalue weighted by atomic mass is 9.88. The van der Waals surface area contributed by atoms with Crippen molar-refractivity contribution in [3.05, 3.63) is 124 Å². The Hall–Kier alpha value is -2.82. The molecular weight excluding hydrogens is 489 g/mol. The minimum Gasteiger partial charge on any atom is -0.493 e. The van der Waals surface area contributed by atoms with Crippen LogP contribution in [0.3, 0.4) is 0 Å². The Kier molecular flexibility index (Phi) is 7.93. The van der Waals surface area contributed by atoms with Gasteiger partial charge in [-0.05, 0) is 46.5 Å². The van der Waals surface area contributed by atoms with E-state index in [4.69, 9.17) is 32.7 Å². The van der Waals surface area contributed by atoms with Crippen molar-refractivity contribution in [3.8, 4) is 16.9 Å². The second kappa shape index (κ2) is 11.5. The van der Waals surface area contributed by atoms with Gasteiger partial charge < -0.3 is 9.47 Å². The maximum Gasteiger partial charge on any atom is 0.119 e. The molecule has 184 valence electrons. The fourth-order valence-electron chi connectivity index (χ4n) is 4.78. The Bertz CT molecular complexity index is 1270. The van der Waals surface area contributed by atoms with Crippen LogP contribution in [0.5, 0.6) is 5.75 Å². The standard InChI is InChI=1S/C31H29Cl2NO2/c32-29-16-15-27(21-30(29)33)31(17-19-35-28-9-5-2-6-10-28)23-34(18-20-36-31)22-24-11-13-26(14-12-24)25-7-3-1-4-8-25/h1-16,21H,17-20,22-23H2. The molecule has 1 heterocycles. The molecule has 0 N–H and O–H groups in total. The minimum atomic E-state index is -0.536. The van der Waals surface area contributed by atoms with Gasteiger partial charge in [-0.1, -0.05) is 102 Å². The number of hydrogen-bond donors (Lipinski definition) is 0. The Morgan fingerprint density at radius 1 is 0.778 bits per heavy atom. The smallest absolute Gasteiger partial charge is 0.119 e. The van der Waals surface area contributed by atoms with E-state index < -0.39 is 5.60 Å². The number of para-hydroxylation sites is 1. The zero-order valence-corrected chi connectivity index (χ0v) is 21.6. The van der Waals surface area contributed by atoms with E-state index in [0.717, 1.165) is 30.9 Å². The van der Waals surface area contributed by atoms with Crippen molar-refractivity contribution in [3.63, 3.8) is 0 Å². The fraction of sp³-hybridized carbons (Fsp3) is 0.226. The molecule has 1 saturated heterocycles. The highest BCUT2D eigenvalue weighted by molar-refractivity contribution is 6.42. The van der Waals surface area contributed by atoms with Gasteiger partial charge in [0.25, 0.3) is 0 Å². The van der Waals surface area contributed by atoms with E-state index in [1.54, 1.807) is 0 Å². The Morgan fingerprint density at radius 2 is 1.47 bits per heavy atom. The highest BCUT2D eigenvalue weighted by Crippen LogP contribution is 2.37. The first-order valence-corrected chi connectivity index (χ1v) is 13.0. The summed E-state index contributed by atoms with van der Waals surface area (Å²) in [6, 6.07) is 35.0. The van der Waals surface area contributed by atoms with Crippen molar-refractivity contribution in [1.82, 2.24) is 4.90 Å². The molecule has 1 unspecified atom stereocenters. The van der Waals surface area contributed by atoms with Gasteiger partial charge in [0, 0.05) is 26.1 Å². The van der Waals surface area contributed by atoms with Crippen molar-refractivity contribution >= 4 is 23.2 Å². The molecule has 0 spiro atoms. The third kappa shape index (κ3) is 5.93. The molecule has 1 atom stereocenters. The molecule has 36 heavy (non-hydrogen) atoms. The molecule has 4 aromatic rings. The van der Waals surface area contributed by atoms with Gasteiger partial charge in [0.1, 0.15) is 11.4 Å². The third-order valence-corrected chi connectivity index (χ3v) is 7.43. The Morgan fingerprint density at radius 3 is 2.19 bits per heavy atom. The molecule has 0 aliphatic carbocycles. The summed E-state index contributed by atoms with van der Waals surface area (Å²) in [6.07, 6.45) is 0.698. The number of halogens is 2. The molecule has 0 saturated carbocycles. The summed E-state index contributed by atoms with van der Waals surface area (Å²) in [4.78, 5) is 2.45. The van der Waals surface area contributed by atoms with Crippen LogP contribution in [0.2, 0.25) is 10.0 Å². The van der Waals surface area contributed by atoms with Gasteiger partial charge in [-0.25, -0.2) is 0 Å². The summed E-state index contributed by atoms with van der Waals surface area (Å²) in [5.41, 5.74) is 4.22. The van der Waals surface area contributed by atoms with Gasteiger partial charge in [-0.3, -0.25) is 4.90 Å². The van der Waals surface area contributed by atoms with Gasteiger partial charge >= 0.3 is 0 Å². The van der Waals surface area contributed by atoms with E-state index in [0.29, 0.717) is 29.7 Å². The zero-order chi connectivity index (χ0) is 24.8. The van der Waals surface area contributed by atoms with Crippen LogP contribution in [0.25, 0.3) is 11.1 Å². The van der Waals surface area contributed by atoms with Crippen LogP contribution in [-0.4, -0.2) is 31.2 Å². The molecule has 0 bridgehead atoms. The predicted molar refractivity (Wildman–Crippen MR) is 148 cm³/mol. The lowest BCUT2D eigenvalue weighted by Gasteiger charge is -2.43. The maximum atomic E-state index is 6.51. The molecule has 3 nitrogen and oxygen atoms in total. The van der Waals surface area contributed by atoms with Gasteiger partial charge in [0.15, 0.2) is 0 Å². The predicted octanol–water partition coefficient (Wildman–Crippen LogP) is 7.86. The summed E-state index contributed by atoms with van der Waals surface area (Å²) in [7, 11) is 0. The molecule has 5 rings (SSSR count). The SMILES string of the molecule is Clc1ccc(C2(CCOc3ccccc3)CN(Cc3ccc(-c4ccccc4)cc3)CCO2)cc1Cl. The van der Waals surface area contributed by atoms with Gasteiger partial charge in [0.05, 0.1) is 23.3 Å². The average Bonchev–Trinajstić information content (AvgIpc) is 2.92. The number of nitrogens with zero attached hydrogens (tertiary/aromatic N) is 1. The summed E-state index contributed by atoms with van der Waals surface area (Å²) >= 11 is 12.7. The molecule has 0 amide bonds. The first-order chi connectivity index (χ1) is 17.6. The fourth-order valence-corrected chi connectivity index (χ4v) is 5.08. The molecule has 5 heteroatoms. The third-order valence-electron chi connectivity index (χ3n) is 6.70. The van der Waals surface area contributed by atoms with Crippen LogP contribution in [0.4, 0.5) is 0 Å². The second-order valence-electron chi connectivity index (χ2n) is 9.16. The number of ether oxygens (including phenoxy) is 2. The lowest BCUT2D eigenvalue weighted by Crippen LogP contribution is -2.50. The van der Waals surface area contributed by atoms with E-state index in [1.165, 1.54) is 16.7 Å². The molecule has 1 aliphatic heterocycles. The van der Waals surface area contributed by atoms with E-state index >= 15 is 0 Å². The summed E-state index contributed by atoms with van der Waals surface area (Å²) in [5, 5.41) is 1.08. The molecule has 0 radical (unpaired) electrons. The van der Waals surface area contributed by atoms with Crippen LogP contribution in [0.15, 0.2) is 103 Å². The van der Waals surface area contributed by atoms with Crippen molar-refractivity contribution in [2.75, 3.05) is 26.3 Å². The minimum absolute atomic E-state index is 0.532. The maximum absolute atomic E-state index is 6.51. The van der Waals surface area contributed by atoms with Crippen molar-refractivity contribution in [2.45, 2.75) is 18.6 Å². The van der Waals surface area contributed by atoms with Gasteiger partial charge in [-0.2, -0.15) is 0 Å². The highest BCUT2D eigenvalue weighted by Gasteiger charge is 2.39. The second-order valence-corrected chi connectivity index (χ2v) is 9.97. The molecule has 1 aliphatic rings. The summed E-state index contributed by atoms with van der Waals surface area (Å²) in [6.45, 7) is 3.62. The average molecular weight is 518 g/mol. The van der Waals surface area contributed by atoms with Crippen LogP contribution in [0.1, 0.15) is 17.5 Å². The topological polar surface area (TPSA) is 21.7 Å². The van der Waals surface area contributed by atoms with Crippen LogP contribution < -0.4 is 4.74 Å². The van der Waals surface area contributed by atoms with Crippen LogP contribution in [-0.2, 0) is 16.9 Å². The molecule has 1 fully saturated rings. The zero-order valence-electron chi connectivity index (χ0n) is 20.1. The normalized spacial score (nSPS) is 18.2. The van der Waals surface area contributed by atoms with E-state index in [9.17, 15) is 0 Å². The Balaban J connectivity index is 1.33. The summed E-state index contributed by atoms with van der Waals surface area (Å²) in [5.74, 6) is 0.855. The van der Waals surface area contributed by atoms with Crippen molar-refractivity contribution in [1.29, 1.82) is 0 Å². The lowest BCUT2D eigenvalue weighted by molar-refractivity contribution is -0.125. The number of hydrogen-bond acceptors (Lipinski definition) is 3. The van der Waals surface area contributed by atoms with Crippen LogP contribution in [0, 0.1) is 0 Å². The van der Waals surface area contributed by atoms with Crippen molar-refractivity contribution < 1.29 is 9.47 Å². The molecule has 4 aromatic carbocycles. The van der Waals surface area contributed by atoms with E-state index in [1.807, 2.05) is 54.6 Å².